The van der Waals surface area contributed by atoms with E-state index in [4.69, 9.17) is 0 Å². The molecule has 0 heterocycles. The summed E-state index contributed by atoms with van der Waals surface area (Å²) in [5.41, 5.74) is 5.57. The molecule has 31 heavy (non-hydrogen) atoms. The van der Waals surface area contributed by atoms with Gasteiger partial charge in [0.05, 0.1) is 5.60 Å². The van der Waals surface area contributed by atoms with Crippen LogP contribution in [-0.2, 0) is 0 Å². The molecule has 174 valence electrons. The van der Waals surface area contributed by atoms with Gasteiger partial charge in [0.25, 0.3) is 0 Å². The first-order chi connectivity index (χ1) is 14.6. The SMILES string of the molecule is CC(C)[C@H]1CC=C2C3=C(CC[C@@]21C)[C@@]1(C)CC[C@@](O)(C2CCCCC2)C(C)(C)C1CC3. The minimum atomic E-state index is -0.464. The van der Waals surface area contributed by atoms with E-state index in [2.05, 4.69) is 47.6 Å². The Hall–Kier alpha value is -0.560. The van der Waals surface area contributed by atoms with E-state index in [1.807, 2.05) is 5.57 Å². The van der Waals surface area contributed by atoms with Crippen LogP contribution in [0.25, 0.3) is 0 Å². The Labute approximate surface area is 192 Å². The van der Waals surface area contributed by atoms with Crippen molar-refractivity contribution in [3.05, 3.63) is 22.8 Å². The van der Waals surface area contributed by atoms with Crippen molar-refractivity contribution in [1.82, 2.24) is 0 Å². The summed E-state index contributed by atoms with van der Waals surface area (Å²) in [4.78, 5) is 0. The molecule has 1 nitrogen and oxygen atoms in total. The number of allylic oxidation sites excluding steroid dienone is 4. The van der Waals surface area contributed by atoms with Gasteiger partial charge in [-0.05, 0) is 109 Å². The molecule has 0 aromatic rings. The maximum atomic E-state index is 12.2. The van der Waals surface area contributed by atoms with Crippen LogP contribution in [0.3, 0.4) is 0 Å². The first kappa shape index (κ1) is 22.2. The van der Waals surface area contributed by atoms with Gasteiger partial charge in [-0.15, -0.1) is 0 Å². The van der Waals surface area contributed by atoms with Crippen LogP contribution in [0.2, 0.25) is 0 Å². The monoisotopic (exact) mass is 424 g/mol. The lowest BCUT2D eigenvalue weighted by Crippen LogP contribution is -2.62. The molecule has 2 fully saturated rings. The van der Waals surface area contributed by atoms with Gasteiger partial charge in [0.15, 0.2) is 0 Å². The predicted molar refractivity (Wildman–Crippen MR) is 131 cm³/mol. The van der Waals surface area contributed by atoms with Crippen molar-refractivity contribution in [2.45, 2.75) is 124 Å². The minimum Gasteiger partial charge on any atom is -0.389 e. The molecule has 0 aromatic heterocycles. The number of fused-ring (bicyclic) bond motifs is 4. The summed E-state index contributed by atoms with van der Waals surface area (Å²) >= 11 is 0. The highest BCUT2D eigenvalue weighted by molar-refractivity contribution is 5.50. The quantitative estimate of drug-likeness (QED) is 0.473. The van der Waals surface area contributed by atoms with Crippen molar-refractivity contribution < 1.29 is 5.11 Å². The van der Waals surface area contributed by atoms with E-state index in [-0.39, 0.29) is 10.8 Å². The zero-order valence-corrected chi connectivity index (χ0v) is 21.3. The molecule has 5 rings (SSSR count). The molecule has 0 radical (unpaired) electrons. The summed E-state index contributed by atoms with van der Waals surface area (Å²) in [7, 11) is 0. The van der Waals surface area contributed by atoms with Crippen molar-refractivity contribution >= 4 is 0 Å². The normalized spacial score (nSPS) is 45.2. The maximum Gasteiger partial charge on any atom is 0.0729 e. The summed E-state index contributed by atoms with van der Waals surface area (Å²) < 4.78 is 0. The van der Waals surface area contributed by atoms with Gasteiger partial charge >= 0.3 is 0 Å². The van der Waals surface area contributed by atoms with Gasteiger partial charge in [-0.2, -0.15) is 0 Å². The first-order valence-corrected chi connectivity index (χ1v) is 13.7. The van der Waals surface area contributed by atoms with E-state index in [0.717, 1.165) is 18.3 Å². The minimum absolute atomic E-state index is 0.00577. The molecule has 5 aliphatic rings. The number of rotatable bonds is 2. The Morgan fingerprint density at radius 3 is 2.26 bits per heavy atom. The van der Waals surface area contributed by atoms with Crippen molar-refractivity contribution in [2.75, 3.05) is 0 Å². The van der Waals surface area contributed by atoms with Crippen molar-refractivity contribution in [3.8, 4) is 0 Å². The summed E-state index contributed by atoms with van der Waals surface area (Å²) in [6, 6.07) is 0. The molecule has 0 saturated heterocycles. The molecule has 1 N–H and O–H groups in total. The zero-order chi connectivity index (χ0) is 22.2. The second-order valence-electron chi connectivity index (χ2n) is 13.6. The van der Waals surface area contributed by atoms with Gasteiger partial charge in [-0.1, -0.05) is 72.5 Å². The Balaban J connectivity index is 1.50. The smallest absolute Gasteiger partial charge is 0.0729 e. The molecular formula is C30H48O. The molecule has 0 bridgehead atoms. The third-order valence-electron chi connectivity index (χ3n) is 11.8. The van der Waals surface area contributed by atoms with E-state index in [0.29, 0.717) is 17.3 Å². The fourth-order valence-corrected chi connectivity index (χ4v) is 10.0. The van der Waals surface area contributed by atoms with Crippen molar-refractivity contribution in [1.29, 1.82) is 0 Å². The van der Waals surface area contributed by atoms with Crippen LogP contribution >= 0.6 is 0 Å². The van der Waals surface area contributed by atoms with E-state index >= 15 is 0 Å². The highest BCUT2D eigenvalue weighted by Gasteiger charge is 2.63. The maximum absolute atomic E-state index is 12.2. The standard InChI is InChI=1S/C30H48O/c1-20(2)23-13-14-24-22-12-15-26-27(3,4)30(31,21-10-8-7-9-11-21)19-18-29(26,6)25(22)16-17-28(23,24)5/h14,20-21,23,26,31H,7-13,15-19H2,1-6H3/t23-,26?,28-,29-,30-/m1/s1. The van der Waals surface area contributed by atoms with Crippen molar-refractivity contribution in [3.63, 3.8) is 0 Å². The fourth-order valence-electron chi connectivity index (χ4n) is 10.0. The zero-order valence-electron chi connectivity index (χ0n) is 21.3. The second-order valence-corrected chi connectivity index (χ2v) is 13.6. The third kappa shape index (κ3) is 2.90. The van der Waals surface area contributed by atoms with Gasteiger partial charge < -0.3 is 5.11 Å². The summed E-state index contributed by atoms with van der Waals surface area (Å²) in [5, 5.41) is 12.2. The number of aliphatic hydroxyl groups is 1. The van der Waals surface area contributed by atoms with Gasteiger partial charge in [0.2, 0.25) is 0 Å². The lowest BCUT2D eigenvalue weighted by Gasteiger charge is -2.64. The summed E-state index contributed by atoms with van der Waals surface area (Å²) in [5.74, 6) is 2.73. The first-order valence-electron chi connectivity index (χ1n) is 13.7. The molecule has 2 saturated carbocycles. The van der Waals surface area contributed by atoms with Crippen LogP contribution < -0.4 is 0 Å². The Morgan fingerprint density at radius 2 is 1.58 bits per heavy atom. The molecule has 5 atom stereocenters. The molecule has 0 amide bonds. The molecule has 0 aromatic carbocycles. The van der Waals surface area contributed by atoms with Crippen LogP contribution in [0.5, 0.6) is 0 Å². The van der Waals surface area contributed by atoms with E-state index in [9.17, 15) is 5.11 Å². The van der Waals surface area contributed by atoms with Gasteiger partial charge in [-0.3, -0.25) is 0 Å². The third-order valence-corrected chi connectivity index (χ3v) is 11.8. The van der Waals surface area contributed by atoms with E-state index < -0.39 is 5.60 Å². The Kier molecular flexibility index (Phi) is 5.18. The van der Waals surface area contributed by atoms with Gasteiger partial charge in [0.1, 0.15) is 0 Å². The summed E-state index contributed by atoms with van der Waals surface area (Å²) in [6.07, 6.45) is 17.8. The van der Waals surface area contributed by atoms with Crippen LogP contribution in [0.15, 0.2) is 22.8 Å². The highest BCUT2D eigenvalue weighted by atomic mass is 16.3. The Bertz CT molecular complexity index is 793. The lowest BCUT2D eigenvalue weighted by molar-refractivity contribution is -0.200. The van der Waals surface area contributed by atoms with Gasteiger partial charge in [-0.25, -0.2) is 0 Å². The summed E-state index contributed by atoms with van der Waals surface area (Å²) in [6.45, 7) is 15.0. The van der Waals surface area contributed by atoms with Crippen molar-refractivity contribution in [2.24, 2.45) is 39.9 Å². The lowest BCUT2D eigenvalue weighted by atomic mass is 9.42. The molecule has 0 spiro atoms. The predicted octanol–water partition coefficient (Wildman–Crippen LogP) is 8.23. The average molecular weight is 425 g/mol. The number of hydrogen-bond acceptors (Lipinski definition) is 1. The molecule has 5 aliphatic carbocycles. The Morgan fingerprint density at radius 1 is 0.871 bits per heavy atom. The largest absolute Gasteiger partial charge is 0.389 e. The van der Waals surface area contributed by atoms with Crippen LogP contribution in [-0.4, -0.2) is 10.7 Å². The number of hydrogen-bond donors (Lipinski definition) is 1. The van der Waals surface area contributed by atoms with E-state index in [1.165, 1.54) is 70.6 Å². The molecule has 1 heteroatoms. The molecular weight excluding hydrogens is 376 g/mol. The van der Waals surface area contributed by atoms with Crippen LogP contribution in [0.4, 0.5) is 0 Å². The van der Waals surface area contributed by atoms with Crippen LogP contribution in [0, 0.1) is 39.9 Å². The van der Waals surface area contributed by atoms with Gasteiger partial charge in [0, 0.05) is 0 Å². The fraction of sp³-hybridized carbons (Fsp3) is 0.867. The average Bonchev–Trinajstić information content (AvgIpc) is 3.09. The van der Waals surface area contributed by atoms with Crippen LogP contribution in [0.1, 0.15) is 119 Å². The molecule has 1 unspecified atom stereocenters. The molecule has 0 aliphatic heterocycles. The topological polar surface area (TPSA) is 20.2 Å². The second kappa shape index (κ2) is 7.22. The van der Waals surface area contributed by atoms with E-state index in [1.54, 1.807) is 11.1 Å². The highest BCUT2D eigenvalue weighted by Crippen LogP contribution is 2.69.